The zero-order valence-corrected chi connectivity index (χ0v) is 15.5. The van der Waals surface area contributed by atoms with Crippen LogP contribution in [0, 0.1) is 13.8 Å². The Labute approximate surface area is 156 Å². The molecule has 0 radical (unpaired) electrons. The summed E-state index contributed by atoms with van der Waals surface area (Å²) in [5.41, 5.74) is 0.0786. The lowest BCUT2D eigenvalue weighted by Crippen LogP contribution is -2.05. The third-order valence-corrected chi connectivity index (χ3v) is 3.82. The highest BCUT2D eigenvalue weighted by Crippen LogP contribution is 2.21. The van der Waals surface area contributed by atoms with Crippen molar-refractivity contribution in [3.8, 4) is 0 Å². The molecule has 1 aromatic heterocycles. The van der Waals surface area contributed by atoms with Crippen molar-refractivity contribution >= 4 is 23.9 Å². The van der Waals surface area contributed by atoms with Crippen LogP contribution in [0.4, 0.5) is 0 Å². The Morgan fingerprint density at radius 1 is 0.704 bits per heavy atom. The predicted molar refractivity (Wildman–Crippen MR) is 94.3 cm³/mol. The van der Waals surface area contributed by atoms with Gasteiger partial charge in [0.1, 0.15) is 11.3 Å². The SMILES string of the molecule is Cc1oc(C(=O)O)c(C(=O)O)c1C.O=C(O)CCCCCCCCC(=O)O. The number of rotatable bonds is 11. The molecule has 0 saturated carbocycles. The van der Waals surface area contributed by atoms with Crippen molar-refractivity contribution in [1.29, 1.82) is 0 Å². The number of aliphatic carboxylic acids is 2. The van der Waals surface area contributed by atoms with Gasteiger partial charge >= 0.3 is 23.9 Å². The average molecular weight is 386 g/mol. The molecule has 0 aliphatic rings. The van der Waals surface area contributed by atoms with Crippen LogP contribution in [0.3, 0.4) is 0 Å². The molecule has 1 aromatic rings. The molecule has 0 unspecified atom stereocenters. The van der Waals surface area contributed by atoms with E-state index in [1.807, 2.05) is 0 Å². The molecule has 27 heavy (non-hydrogen) atoms. The highest BCUT2D eigenvalue weighted by molar-refractivity contribution is 6.01. The number of unbranched alkanes of at least 4 members (excludes halogenated alkanes) is 5. The number of carboxylic acids is 4. The normalized spacial score (nSPS) is 10.0. The maximum absolute atomic E-state index is 10.6. The first-order valence-electron chi connectivity index (χ1n) is 8.58. The van der Waals surface area contributed by atoms with Gasteiger partial charge < -0.3 is 24.8 Å². The van der Waals surface area contributed by atoms with Crippen LogP contribution in [-0.2, 0) is 9.59 Å². The fourth-order valence-corrected chi connectivity index (χ4v) is 2.29. The van der Waals surface area contributed by atoms with Crippen LogP contribution in [0.5, 0.6) is 0 Å². The van der Waals surface area contributed by atoms with Gasteiger partial charge in [-0.2, -0.15) is 0 Å². The van der Waals surface area contributed by atoms with E-state index in [2.05, 4.69) is 0 Å². The summed E-state index contributed by atoms with van der Waals surface area (Å²) in [6.45, 7) is 3.03. The van der Waals surface area contributed by atoms with Gasteiger partial charge in [-0.3, -0.25) is 9.59 Å². The van der Waals surface area contributed by atoms with E-state index in [1.54, 1.807) is 0 Å². The topological polar surface area (TPSA) is 162 Å². The summed E-state index contributed by atoms with van der Waals surface area (Å²) in [5, 5.41) is 34.0. The molecule has 0 aromatic carbocycles. The first-order valence-corrected chi connectivity index (χ1v) is 8.58. The number of hydrogen-bond acceptors (Lipinski definition) is 5. The van der Waals surface area contributed by atoms with Gasteiger partial charge in [-0.1, -0.05) is 25.7 Å². The third kappa shape index (κ3) is 10.0. The van der Waals surface area contributed by atoms with Crippen molar-refractivity contribution in [2.75, 3.05) is 0 Å². The molecule has 0 atom stereocenters. The number of aromatic carboxylic acids is 2. The molecule has 1 heterocycles. The van der Waals surface area contributed by atoms with Gasteiger partial charge in [0.25, 0.3) is 0 Å². The van der Waals surface area contributed by atoms with Crippen LogP contribution >= 0.6 is 0 Å². The second-order valence-corrected chi connectivity index (χ2v) is 6.01. The number of carbonyl (C=O) groups is 4. The van der Waals surface area contributed by atoms with Gasteiger partial charge in [0.2, 0.25) is 5.76 Å². The summed E-state index contributed by atoms with van der Waals surface area (Å²) in [7, 11) is 0. The quantitative estimate of drug-likeness (QED) is 0.416. The van der Waals surface area contributed by atoms with E-state index >= 15 is 0 Å². The lowest BCUT2D eigenvalue weighted by atomic mass is 10.1. The molecule has 0 spiro atoms. The third-order valence-electron chi connectivity index (χ3n) is 3.82. The Balaban J connectivity index is 0.000000501. The fraction of sp³-hybridized carbons (Fsp3) is 0.556. The summed E-state index contributed by atoms with van der Waals surface area (Å²) < 4.78 is 4.79. The predicted octanol–water partition coefficient (Wildman–Crippen LogP) is 3.57. The Morgan fingerprint density at radius 2 is 1.11 bits per heavy atom. The smallest absolute Gasteiger partial charge is 0.372 e. The van der Waals surface area contributed by atoms with Gasteiger partial charge in [-0.05, 0) is 26.7 Å². The molecule has 9 nitrogen and oxygen atoms in total. The molecule has 4 N–H and O–H groups in total. The highest BCUT2D eigenvalue weighted by atomic mass is 16.4. The van der Waals surface area contributed by atoms with Crippen LogP contribution in [0.1, 0.15) is 83.6 Å². The summed E-state index contributed by atoms with van der Waals surface area (Å²) in [4.78, 5) is 41.5. The minimum absolute atomic E-state index is 0.245. The molecule has 0 bridgehead atoms. The Kier molecular flexibility index (Phi) is 11.2. The van der Waals surface area contributed by atoms with Crippen LogP contribution in [0.15, 0.2) is 4.42 Å². The van der Waals surface area contributed by atoms with Crippen LogP contribution in [-0.4, -0.2) is 44.3 Å². The van der Waals surface area contributed by atoms with Gasteiger partial charge in [0, 0.05) is 18.4 Å². The van der Waals surface area contributed by atoms with E-state index in [-0.39, 0.29) is 18.4 Å². The molecule has 0 aliphatic carbocycles. The summed E-state index contributed by atoms with van der Waals surface area (Å²) in [6, 6.07) is 0. The molecule has 0 saturated heterocycles. The maximum atomic E-state index is 10.6. The second kappa shape index (κ2) is 12.5. The Bertz CT molecular complexity index is 638. The lowest BCUT2D eigenvalue weighted by Gasteiger charge is -1.98. The monoisotopic (exact) mass is 386 g/mol. The van der Waals surface area contributed by atoms with E-state index < -0.39 is 29.6 Å². The molecule has 152 valence electrons. The van der Waals surface area contributed by atoms with E-state index in [0.29, 0.717) is 11.3 Å². The van der Waals surface area contributed by atoms with Crippen molar-refractivity contribution in [2.24, 2.45) is 0 Å². The number of hydrogen-bond donors (Lipinski definition) is 4. The molecule has 0 aliphatic heterocycles. The van der Waals surface area contributed by atoms with E-state index in [9.17, 15) is 19.2 Å². The Hall–Kier alpha value is -2.84. The van der Waals surface area contributed by atoms with Gasteiger partial charge in [0.15, 0.2) is 0 Å². The van der Waals surface area contributed by atoms with Gasteiger partial charge in [0.05, 0.1) is 0 Å². The molecule has 9 heteroatoms. The van der Waals surface area contributed by atoms with E-state index in [1.165, 1.54) is 13.8 Å². The van der Waals surface area contributed by atoms with E-state index in [0.717, 1.165) is 38.5 Å². The number of carboxylic acid groups (broad SMARTS) is 4. The molecular formula is C18H26O9. The summed E-state index contributed by atoms with van der Waals surface area (Å²) in [5.74, 6) is -4.33. The summed E-state index contributed by atoms with van der Waals surface area (Å²) in [6.07, 6.45) is 5.82. The number of furan rings is 1. The van der Waals surface area contributed by atoms with Crippen molar-refractivity contribution in [3.63, 3.8) is 0 Å². The van der Waals surface area contributed by atoms with Crippen molar-refractivity contribution in [1.82, 2.24) is 0 Å². The zero-order valence-electron chi connectivity index (χ0n) is 15.5. The fourth-order valence-electron chi connectivity index (χ4n) is 2.29. The van der Waals surface area contributed by atoms with Crippen molar-refractivity contribution in [2.45, 2.75) is 65.2 Å². The minimum atomic E-state index is -1.37. The van der Waals surface area contributed by atoms with Crippen LogP contribution in [0.2, 0.25) is 0 Å². The average Bonchev–Trinajstić information content (AvgIpc) is 2.86. The van der Waals surface area contributed by atoms with E-state index in [4.69, 9.17) is 24.8 Å². The second-order valence-electron chi connectivity index (χ2n) is 6.01. The molecule has 0 fully saturated rings. The Morgan fingerprint density at radius 3 is 1.41 bits per heavy atom. The van der Waals surface area contributed by atoms with Gasteiger partial charge in [-0.25, -0.2) is 9.59 Å². The van der Waals surface area contributed by atoms with Crippen LogP contribution in [0.25, 0.3) is 0 Å². The minimum Gasteiger partial charge on any atom is -0.481 e. The van der Waals surface area contributed by atoms with Gasteiger partial charge in [-0.15, -0.1) is 0 Å². The molecule has 0 amide bonds. The summed E-state index contributed by atoms with van der Waals surface area (Å²) >= 11 is 0. The maximum Gasteiger partial charge on any atom is 0.372 e. The van der Waals surface area contributed by atoms with Crippen LogP contribution < -0.4 is 0 Å². The lowest BCUT2D eigenvalue weighted by molar-refractivity contribution is -0.138. The highest BCUT2D eigenvalue weighted by Gasteiger charge is 2.25. The zero-order chi connectivity index (χ0) is 21.0. The standard InChI is InChI=1S/C10H18O4.C8H8O5/c11-9(12)7-5-3-1-2-4-6-8-10(13)14;1-3-4(2)13-6(8(11)12)5(3)7(9)10/h1-8H2,(H,11,12)(H,13,14);1-2H3,(H,9,10)(H,11,12). The van der Waals surface area contributed by atoms with Crippen molar-refractivity contribution < 1.29 is 44.0 Å². The molecular weight excluding hydrogens is 360 g/mol. The number of aryl methyl sites for hydroxylation is 1. The molecule has 1 rings (SSSR count). The first-order chi connectivity index (χ1) is 12.6. The first kappa shape index (κ1) is 24.2. The largest absolute Gasteiger partial charge is 0.481 e. The van der Waals surface area contributed by atoms with Crippen molar-refractivity contribution in [3.05, 3.63) is 22.6 Å².